The molecular formula is C25H13Br2Cl2NO4. The van der Waals surface area contributed by atoms with Gasteiger partial charge in [0.25, 0.3) is 0 Å². The Kier molecular flexibility index (Phi) is 7.68. The quantitative estimate of drug-likeness (QED) is 0.168. The van der Waals surface area contributed by atoms with Gasteiger partial charge in [0.2, 0.25) is 5.90 Å². The van der Waals surface area contributed by atoms with Gasteiger partial charge in [-0.25, -0.2) is 14.6 Å². The van der Waals surface area contributed by atoms with E-state index in [4.69, 9.17) is 32.7 Å². The normalized spacial score (nSPS) is 14.4. The highest BCUT2D eigenvalue weighted by molar-refractivity contribution is 9.11. The maximum atomic E-state index is 12.5. The smallest absolute Gasteiger partial charge is 0.363 e. The summed E-state index contributed by atoms with van der Waals surface area (Å²) in [5.74, 6) is -0.980. The Balaban J connectivity index is 1.65. The predicted molar refractivity (Wildman–Crippen MR) is 140 cm³/mol. The van der Waals surface area contributed by atoms with Crippen LogP contribution in [0.4, 0.5) is 0 Å². The molecule has 0 aromatic heterocycles. The molecule has 1 heterocycles. The third-order valence-corrected chi connectivity index (χ3v) is 6.12. The number of rotatable bonds is 5. The van der Waals surface area contributed by atoms with Crippen LogP contribution in [-0.2, 0) is 14.3 Å². The molecule has 3 aromatic carbocycles. The van der Waals surface area contributed by atoms with Crippen LogP contribution in [0.25, 0.3) is 12.2 Å². The van der Waals surface area contributed by atoms with Crippen molar-refractivity contribution >= 4 is 85.1 Å². The molecule has 0 spiro atoms. The monoisotopic (exact) mass is 619 g/mol. The maximum Gasteiger partial charge on any atom is 0.363 e. The molecule has 0 saturated carbocycles. The lowest BCUT2D eigenvalue weighted by Crippen LogP contribution is -2.07. The molecule has 1 aliphatic rings. The molecule has 170 valence electrons. The van der Waals surface area contributed by atoms with Crippen molar-refractivity contribution in [3.05, 3.63) is 108 Å². The van der Waals surface area contributed by atoms with E-state index in [-0.39, 0.29) is 17.3 Å². The largest absolute Gasteiger partial charge is 0.422 e. The Morgan fingerprint density at radius 2 is 1.79 bits per heavy atom. The van der Waals surface area contributed by atoms with Crippen LogP contribution in [0.3, 0.4) is 0 Å². The zero-order valence-electron chi connectivity index (χ0n) is 17.1. The van der Waals surface area contributed by atoms with E-state index in [9.17, 15) is 9.59 Å². The van der Waals surface area contributed by atoms with E-state index in [1.54, 1.807) is 30.3 Å². The lowest BCUT2D eigenvalue weighted by Gasteiger charge is -2.09. The number of nitrogens with zero attached hydrogens (tertiary/aromatic N) is 1. The summed E-state index contributed by atoms with van der Waals surface area (Å²) in [5, 5.41) is 0.742. The Labute approximate surface area is 222 Å². The molecule has 0 unspecified atom stereocenters. The fraction of sp³-hybridized carbons (Fsp3) is 0. The molecule has 0 fully saturated rings. The number of hydrogen-bond donors (Lipinski definition) is 0. The number of carbonyl (C=O) groups is 2. The maximum absolute atomic E-state index is 12.5. The van der Waals surface area contributed by atoms with E-state index >= 15 is 0 Å². The molecule has 0 bridgehead atoms. The number of carbonyl (C=O) groups excluding carboxylic acids is 2. The summed E-state index contributed by atoms with van der Waals surface area (Å²) < 4.78 is 12.1. The Morgan fingerprint density at radius 1 is 1.03 bits per heavy atom. The van der Waals surface area contributed by atoms with Gasteiger partial charge in [-0.2, -0.15) is 0 Å². The summed E-state index contributed by atoms with van der Waals surface area (Å²) in [6.07, 6.45) is 4.44. The lowest BCUT2D eigenvalue weighted by molar-refractivity contribution is -0.130. The Bertz CT molecular complexity index is 1390. The second kappa shape index (κ2) is 10.7. The van der Waals surface area contributed by atoms with E-state index in [0.29, 0.717) is 30.1 Å². The van der Waals surface area contributed by atoms with E-state index in [1.807, 2.05) is 30.3 Å². The molecule has 0 radical (unpaired) electrons. The van der Waals surface area contributed by atoms with Crippen molar-refractivity contribution in [1.29, 1.82) is 0 Å². The van der Waals surface area contributed by atoms with Crippen molar-refractivity contribution in [1.82, 2.24) is 0 Å². The first-order valence-electron chi connectivity index (χ1n) is 9.72. The lowest BCUT2D eigenvalue weighted by atomic mass is 10.1. The summed E-state index contributed by atoms with van der Waals surface area (Å²) >= 11 is 19.0. The van der Waals surface area contributed by atoms with Crippen molar-refractivity contribution in [2.45, 2.75) is 0 Å². The van der Waals surface area contributed by atoms with Gasteiger partial charge >= 0.3 is 11.9 Å². The minimum atomic E-state index is -0.668. The van der Waals surface area contributed by atoms with Crippen LogP contribution in [0.1, 0.15) is 16.7 Å². The van der Waals surface area contributed by atoms with Crippen molar-refractivity contribution < 1.29 is 19.1 Å². The SMILES string of the molecule is O=C(/C=C/c1ccccc1)Oc1c(Br)cc(Br)cc1/C=C1\N=C(c2ccc(Cl)cc2Cl)OC1=O. The van der Waals surface area contributed by atoms with Gasteiger partial charge in [0.05, 0.1) is 15.1 Å². The van der Waals surface area contributed by atoms with Gasteiger partial charge in [-0.3, -0.25) is 0 Å². The minimum Gasteiger partial charge on any atom is -0.422 e. The van der Waals surface area contributed by atoms with Gasteiger partial charge in [0.1, 0.15) is 0 Å². The van der Waals surface area contributed by atoms with Crippen LogP contribution >= 0.6 is 55.1 Å². The number of cyclic esters (lactones) is 1. The van der Waals surface area contributed by atoms with Gasteiger partial charge in [0.15, 0.2) is 11.4 Å². The zero-order valence-corrected chi connectivity index (χ0v) is 21.8. The van der Waals surface area contributed by atoms with Crippen LogP contribution in [0.5, 0.6) is 5.75 Å². The molecule has 0 atom stereocenters. The van der Waals surface area contributed by atoms with Gasteiger partial charge in [-0.1, -0.05) is 69.5 Å². The molecule has 0 aliphatic carbocycles. The highest BCUT2D eigenvalue weighted by Gasteiger charge is 2.26. The molecule has 4 rings (SSSR count). The van der Waals surface area contributed by atoms with Crippen molar-refractivity contribution in [3.8, 4) is 5.75 Å². The van der Waals surface area contributed by atoms with E-state index in [1.165, 1.54) is 18.2 Å². The van der Waals surface area contributed by atoms with Crippen LogP contribution in [0.2, 0.25) is 10.0 Å². The summed E-state index contributed by atoms with van der Waals surface area (Å²) in [7, 11) is 0. The van der Waals surface area contributed by atoms with E-state index in [2.05, 4.69) is 36.9 Å². The highest BCUT2D eigenvalue weighted by Crippen LogP contribution is 2.35. The van der Waals surface area contributed by atoms with Gasteiger partial charge < -0.3 is 9.47 Å². The second-order valence-corrected chi connectivity index (χ2v) is 9.54. The first kappa shape index (κ1) is 24.4. The summed E-state index contributed by atoms with van der Waals surface area (Å²) in [6, 6.07) is 17.5. The number of benzene rings is 3. The Hall–Kier alpha value is -2.71. The Morgan fingerprint density at radius 3 is 2.53 bits per heavy atom. The first-order chi connectivity index (χ1) is 16.3. The van der Waals surface area contributed by atoms with Crippen LogP contribution in [0, 0.1) is 0 Å². The third kappa shape index (κ3) is 5.85. The fourth-order valence-electron chi connectivity index (χ4n) is 2.99. The standard InChI is InChI=1S/C25H13Br2Cl2NO4/c26-16-10-15(11-21-25(32)34-24(30-21)18-8-7-17(28)13-20(18)29)23(19(27)12-16)33-22(31)9-6-14-4-2-1-3-5-14/h1-13H/b9-6+,21-11-. The van der Waals surface area contributed by atoms with E-state index in [0.717, 1.165) is 5.56 Å². The minimum absolute atomic E-state index is 0.0168. The topological polar surface area (TPSA) is 65.0 Å². The van der Waals surface area contributed by atoms with Gasteiger partial charge in [-0.05, 0) is 64.0 Å². The number of aliphatic imine (C=N–C) groups is 1. The second-order valence-electron chi connectivity index (χ2n) is 6.93. The van der Waals surface area contributed by atoms with Gasteiger partial charge in [-0.15, -0.1) is 0 Å². The number of halogens is 4. The predicted octanol–water partition coefficient (Wildman–Crippen LogP) is 7.48. The van der Waals surface area contributed by atoms with Crippen molar-refractivity contribution in [2.75, 3.05) is 0 Å². The molecule has 9 heteroatoms. The first-order valence-corrected chi connectivity index (χ1v) is 12.1. The summed E-state index contributed by atoms with van der Waals surface area (Å²) in [6.45, 7) is 0. The number of esters is 2. The van der Waals surface area contributed by atoms with Crippen molar-refractivity contribution in [2.24, 2.45) is 4.99 Å². The number of ether oxygens (including phenoxy) is 2. The number of hydrogen-bond acceptors (Lipinski definition) is 5. The van der Waals surface area contributed by atoms with E-state index < -0.39 is 11.9 Å². The summed E-state index contributed by atoms with van der Waals surface area (Å²) in [4.78, 5) is 29.2. The van der Waals surface area contributed by atoms with Gasteiger partial charge in [0, 0.05) is 21.1 Å². The van der Waals surface area contributed by atoms with Crippen LogP contribution in [-0.4, -0.2) is 17.8 Å². The molecule has 0 amide bonds. The molecule has 34 heavy (non-hydrogen) atoms. The van der Waals surface area contributed by atoms with Crippen LogP contribution in [0.15, 0.2) is 86.4 Å². The highest BCUT2D eigenvalue weighted by atomic mass is 79.9. The zero-order chi connectivity index (χ0) is 24.2. The summed E-state index contributed by atoms with van der Waals surface area (Å²) in [5.41, 5.74) is 1.73. The molecule has 0 N–H and O–H groups in total. The average Bonchev–Trinajstić information content (AvgIpc) is 3.15. The molecule has 5 nitrogen and oxygen atoms in total. The molecule has 0 saturated heterocycles. The van der Waals surface area contributed by atoms with Crippen molar-refractivity contribution in [3.63, 3.8) is 0 Å². The molecule has 1 aliphatic heterocycles. The fourth-order valence-corrected chi connectivity index (χ4v) is 4.82. The molecule has 3 aromatic rings. The third-order valence-electron chi connectivity index (χ3n) is 4.53. The average molecular weight is 622 g/mol. The van der Waals surface area contributed by atoms with Crippen LogP contribution < -0.4 is 4.74 Å². The molecular weight excluding hydrogens is 609 g/mol.